The summed E-state index contributed by atoms with van der Waals surface area (Å²) in [6.45, 7) is 1.21. The molecule has 0 aliphatic heterocycles. The molecular formula is C10H14N6O. The molecule has 0 atom stereocenters. The van der Waals surface area contributed by atoms with Gasteiger partial charge < -0.3 is 10.1 Å². The highest BCUT2D eigenvalue weighted by atomic mass is 16.5. The fourth-order valence-corrected chi connectivity index (χ4v) is 1.45. The van der Waals surface area contributed by atoms with Gasteiger partial charge in [-0.1, -0.05) is 6.07 Å². The lowest BCUT2D eigenvalue weighted by atomic mass is 10.2. The second kappa shape index (κ2) is 5.35. The maximum absolute atomic E-state index is 5.15. The molecule has 0 fully saturated rings. The number of methoxy groups -OCH3 is 1. The summed E-state index contributed by atoms with van der Waals surface area (Å²) in [5, 5.41) is 14.9. The molecule has 0 radical (unpaired) electrons. The van der Waals surface area contributed by atoms with Crippen molar-refractivity contribution in [2.45, 2.75) is 13.1 Å². The summed E-state index contributed by atoms with van der Waals surface area (Å²) in [5.74, 6) is 1.29. The number of pyridine rings is 1. The van der Waals surface area contributed by atoms with E-state index in [9.17, 15) is 0 Å². The van der Waals surface area contributed by atoms with E-state index in [4.69, 9.17) is 4.74 Å². The molecule has 2 aromatic rings. The first-order chi connectivity index (χ1) is 8.29. The van der Waals surface area contributed by atoms with Gasteiger partial charge in [-0.3, -0.25) is 0 Å². The molecule has 2 heterocycles. The summed E-state index contributed by atoms with van der Waals surface area (Å²) in [6.07, 6.45) is 1.70. The van der Waals surface area contributed by atoms with Gasteiger partial charge in [0.05, 0.1) is 20.7 Å². The van der Waals surface area contributed by atoms with Gasteiger partial charge in [0.2, 0.25) is 5.88 Å². The van der Waals surface area contributed by atoms with Crippen molar-refractivity contribution >= 4 is 0 Å². The Balaban J connectivity index is 1.89. The van der Waals surface area contributed by atoms with E-state index in [1.54, 1.807) is 20.4 Å². The molecule has 0 spiro atoms. The number of aryl methyl sites for hydroxylation is 1. The molecule has 2 aromatic heterocycles. The molecule has 0 aliphatic rings. The summed E-state index contributed by atoms with van der Waals surface area (Å²) < 4.78 is 5.15. The minimum Gasteiger partial charge on any atom is -0.481 e. The smallest absolute Gasteiger partial charge is 0.217 e. The molecule has 2 rings (SSSR count). The summed E-state index contributed by atoms with van der Waals surface area (Å²) in [7, 11) is 3.34. The van der Waals surface area contributed by atoms with Crippen LogP contribution in [0.1, 0.15) is 11.4 Å². The van der Waals surface area contributed by atoms with Crippen LogP contribution in [0.3, 0.4) is 0 Å². The standard InChI is InChI=1S/C10H14N6O/c1-16-14-9(13-15-16)7-11-6-8-4-3-5-12-10(8)17-2/h3-5,11H,6-7H2,1-2H3. The third-order valence-electron chi connectivity index (χ3n) is 2.19. The van der Waals surface area contributed by atoms with Crippen molar-refractivity contribution in [2.24, 2.45) is 7.05 Å². The molecule has 1 N–H and O–H groups in total. The second-order valence-electron chi connectivity index (χ2n) is 3.47. The molecule has 7 heteroatoms. The molecule has 0 aliphatic carbocycles. The number of ether oxygens (including phenoxy) is 1. The van der Waals surface area contributed by atoms with E-state index in [1.807, 2.05) is 12.1 Å². The SMILES string of the molecule is COc1ncccc1CNCc1nnn(C)n1. The van der Waals surface area contributed by atoms with E-state index in [1.165, 1.54) is 4.80 Å². The summed E-state index contributed by atoms with van der Waals surface area (Å²) in [5.41, 5.74) is 0.999. The third-order valence-corrected chi connectivity index (χ3v) is 2.19. The lowest BCUT2D eigenvalue weighted by molar-refractivity contribution is 0.390. The van der Waals surface area contributed by atoms with E-state index >= 15 is 0 Å². The molecule has 17 heavy (non-hydrogen) atoms. The molecule has 0 saturated heterocycles. The summed E-state index contributed by atoms with van der Waals surface area (Å²) in [4.78, 5) is 5.55. The van der Waals surface area contributed by atoms with Crippen LogP contribution in [0, 0.1) is 0 Å². The topological polar surface area (TPSA) is 77.8 Å². The van der Waals surface area contributed by atoms with Crippen molar-refractivity contribution in [1.29, 1.82) is 0 Å². The minimum absolute atomic E-state index is 0.561. The second-order valence-corrected chi connectivity index (χ2v) is 3.47. The Kier molecular flexibility index (Phi) is 3.61. The quantitative estimate of drug-likeness (QED) is 0.778. The van der Waals surface area contributed by atoms with E-state index < -0.39 is 0 Å². The zero-order valence-corrected chi connectivity index (χ0v) is 9.79. The summed E-state index contributed by atoms with van der Waals surface area (Å²) >= 11 is 0. The van der Waals surface area contributed by atoms with Crippen LogP contribution in [-0.4, -0.2) is 32.3 Å². The summed E-state index contributed by atoms with van der Waals surface area (Å²) in [6, 6.07) is 3.84. The fraction of sp³-hybridized carbons (Fsp3) is 0.400. The maximum Gasteiger partial charge on any atom is 0.217 e. The van der Waals surface area contributed by atoms with Crippen LogP contribution in [0.4, 0.5) is 0 Å². The van der Waals surface area contributed by atoms with Crippen molar-refractivity contribution in [2.75, 3.05) is 7.11 Å². The number of rotatable bonds is 5. The first-order valence-corrected chi connectivity index (χ1v) is 5.21. The van der Waals surface area contributed by atoms with Crippen LogP contribution in [0.25, 0.3) is 0 Å². The van der Waals surface area contributed by atoms with Crippen molar-refractivity contribution < 1.29 is 4.74 Å². The predicted octanol–water partition coefficient (Wildman–Crippen LogP) is -0.0965. The monoisotopic (exact) mass is 234 g/mol. The Labute approximate surface area is 98.8 Å². The Bertz CT molecular complexity index is 483. The predicted molar refractivity (Wildman–Crippen MR) is 60.1 cm³/mol. The van der Waals surface area contributed by atoms with Gasteiger partial charge in [-0.05, 0) is 11.3 Å². The molecule has 0 saturated carbocycles. The molecular weight excluding hydrogens is 220 g/mol. The Hall–Kier alpha value is -2.02. The number of nitrogens with zero attached hydrogens (tertiary/aromatic N) is 5. The van der Waals surface area contributed by atoms with E-state index in [0.717, 1.165) is 5.56 Å². The van der Waals surface area contributed by atoms with Crippen LogP contribution < -0.4 is 10.1 Å². The van der Waals surface area contributed by atoms with Crippen molar-refractivity contribution in [1.82, 2.24) is 30.5 Å². The van der Waals surface area contributed by atoms with Gasteiger partial charge in [-0.15, -0.1) is 10.2 Å². The van der Waals surface area contributed by atoms with Crippen LogP contribution in [0.2, 0.25) is 0 Å². The van der Waals surface area contributed by atoms with Gasteiger partial charge in [0.15, 0.2) is 5.82 Å². The zero-order valence-electron chi connectivity index (χ0n) is 9.79. The van der Waals surface area contributed by atoms with Crippen molar-refractivity contribution in [3.63, 3.8) is 0 Å². The number of aromatic nitrogens is 5. The first-order valence-electron chi connectivity index (χ1n) is 5.21. The molecule has 0 aromatic carbocycles. The zero-order chi connectivity index (χ0) is 12.1. The number of hydrogen-bond donors (Lipinski definition) is 1. The van der Waals surface area contributed by atoms with Crippen molar-refractivity contribution in [3.05, 3.63) is 29.7 Å². The van der Waals surface area contributed by atoms with Gasteiger partial charge in [-0.2, -0.15) is 4.80 Å². The highest BCUT2D eigenvalue weighted by molar-refractivity contribution is 5.24. The lowest BCUT2D eigenvalue weighted by Gasteiger charge is -2.06. The molecule has 0 bridgehead atoms. The van der Waals surface area contributed by atoms with Crippen LogP contribution in [0.5, 0.6) is 5.88 Å². The van der Waals surface area contributed by atoms with Gasteiger partial charge in [0.25, 0.3) is 0 Å². The van der Waals surface area contributed by atoms with Gasteiger partial charge in [0, 0.05) is 18.3 Å². The number of hydrogen-bond acceptors (Lipinski definition) is 6. The number of nitrogens with one attached hydrogen (secondary N) is 1. The van der Waals surface area contributed by atoms with Gasteiger partial charge in [0.1, 0.15) is 0 Å². The molecule has 90 valence electrons. The van der Waals surface area contributed by atoms with E-state index in [-0.39, 0.29) is 0 Å². The highest BCUT2D eigenvalue weighted by Gasteiger charge is 2.04. The molecule has 0 amide bonds. The third kappa shape index (κ3) is 2.97. The Morgan fingerprint density at radius 1 is 1.41 bits per heavy atom. The van der Waals surface area contributed by atoms with E-state index in [0.29, 0.717) is 24.8 Å². The number of tetrazole rings is 1. The van der Waals surface area contributed by atoms with E-state index in [2.05, 4.69) is 25.7 Å². The minimum atomic E-state index is 0.561. The average Bonchev–Trinajstić information content (AvgIpc) is 2.76. The fourth-order valence-electron chi connectivity index (χ4n) is 1.45. The van der Waals surface area contributed by atoms with Gasteiger partial charge in [-0.25, -0.2) is 4.98 Å². The maximum atomic E-state index is 5.15. The molecule has 7 nitrogen and oxygen atoms in total. The van der Waals surface area contributed by atoms with Crippen LogP contribution in [0.15, 0.2) is 18.3 Å². The van der Waals surface area contributed by atoms with Crippen molar-refractivity contribution in [3.8, 4) is 5.88 Å². The first kappa shape index (κ1) is 11.5. The van der Waals surface area contributed by atoms with Crippen LogP contribution >= 0.6 is 0 Å². The Morgan fingerprint density at radius 2 is 2.29 bits per heavy atom. The Morgan fingerprint density at radius 3 is 3.00 bits per heavy atom. The average molecular weight is 234 g/mol. The largest absolute Gasteiger partial charge is 0.481 e. The van der Waals surface area contributed by atoms with Crippen LogP contribution in [-0.2, 0) is 20.1 Å². The molecule has 0 unspecified atom stereocenters. The lowest BCUT2D eigenvalue weighted by Crippen LogP contribution is -2.15. The highest BCUT2D eigenvalue weighted by Crippen LogP contribution is 2.12. The normalized spacial score (nSPS) is 10.5. The van der Waals surface area contributed by atoms with Gasteiger partial charge >= 0.3 is 0 Å².